The summed E-state index contributed by atoms with van der Waals surface area (Å²) >= 11 is 1.04. The van der Waals surface area contributed by atoms with E-state index in [2.05, 4.69) is 4.72 Å². The van der Waals surface area contributed by atoms with Crippen LogP contribution in [0.5, 0.6) is 5.75 Å². The summed E-state index contributed by atoms with van der Waals surface area (Å²) < 4.78 is 31.7. The number of hydrogen-bond acceptors (Lipinski definition) is 5. The topological polar surface area (TPSA) is 72.5 Å². The van der Waals surface area contributed by atoms with Gasteiger partial charge >= 0.3 is 0 Å². The lowest BCUT2D eigenvalue weighted by Crippen LogP contribution is -2.26. The van der Waals surface area contributed by atoms with Gasteiger partial charge in [-0.2, -0.15) is 0 Å². The van der Waals surface area contributed by atoms with E-state index in [1.54, 1.807) is 30.3 Å². The van der Waals surface area contributed by atoms with Crippen LogP contribution in [-0.2, 0) is 14.8 Å². The normalized spacial score (nSPS) is 11.1. The number of benzene rings is 2. The van der Waals surface area contributed by atoms with Crippen molar-refractivity contribution in [2.75, 3.05) is 18.9 Å². The van der Waals surface area contributed by atoms with Crippen molar-refractivity contribution < 1.29 is 17.9 Å². The Labute approximate surface area is 140 Å². The third-order valence-corrected chi connectivity index (χ3v) is 5.14. The Morgan fingerprint density at radius 1 is 1.00 bits per heavy atom. The van der Waals surface area contributed by atoms with E-state index in [1.807, 2.05) is 18.2 Å². The van der Waals surface area contributed by atoms with E-state index in [4.69, 9.17) is 4.74 Å². The van der Waals surface area contributed by atoms with Crippen LogP contribution in [0.4, 0.5) is 0 Å². The minimum atomic E-state index is -3.52. The molecule has 1 N–H and O–H groups in total. The maximum Gasteiger partial charge on any atom is 0.240 e. The predicted octanol–water partition coefficient (Wildman–Crippen LogP) is 2.30. The Balaban J connectivity index is 1.68. The largest absolute Gasteiger partial charge is 0.485 e. The fourth-order valence-electron chi connectivity index (χ4n) is 1.72. The molecule has 0 bridgehead atoms. The van der Waals surface area contributed by atoms with Gasteiger partial charge in [0.25, 0.3) is 0 Å². The fourth-order valence-corrected chi connectivity index (χ4v) is 3.48. The van der Waals surface area contributed by atoms with Crippen molar-refractivity contribution in [3.8, 4) is 5.75 Å². The Morgan fingerprint density at radius 3 is 2.26 bits per heavy atom. The van der Waals surface area contributed by atoms with Gasteiger partial charge in [0.2, 0.25) is 15.1 Å². The highest BCUT2D eigenvalue weighted by atomic mass is 32.2. The molecule has 2 aromatic rings. The molecule has 0 radical (unpaired) electrons. The molecule has 2 aromatic carbocycles. The number of carbonyl (C=O) groups excluding carboxylic acids is 1. The van der Waals surface area contributed by atoms with E-state index < -0.39 is 10.0 Å². The molecule has 0 aliphatic heterocycles. The van der Waals surface area contributed by atoms with Crippen LogP contribution in [-0.4, -0.2) is 32.4 Å². The molecule has 0 aromatic heterocycles. The predicted molar refractivity (Wildman–Crippen MR) is 91.0 cm³/mol. The van der Waals surface area contributed by atoms with Gasteiger partial charge in [0, 0.05) is 12.3 Å². The van der Waals surface area contributed by atoms with Crippen molar-refractivity contribution in [2.24, 2.45) is 0 Å². The summed E-state index contributed by atoms with van der Waals surface area (Å²) in [7, 11) is -3.52. The van der Waals surface area contributed by atoms with Gasteiger partial charge in [0.15, 0.2) is 6.61 Å². The van der Waals surface area contributed by atoms with Gasteiger partial charge in [0.05, 0.1) is 4.90 Å². The molecule has 0 atom stereocenters. The van der Waals surface area contributed by atoms with Crippen molar-refractivity contribution in [3.63, 3.8) is 0 Å². The first-order chi connectivity index (χ1) is 11.1. The third kappa shape index (κ3) is 6.05. The highest BCUT2D eigenvalue weighted by Crippen LogP contribution is 2.11. The van der Waals surface area contributed by atoms with Crippen LogP contribution < -0.4 is 9.46 Å². The number of para-hydroxylation sites is 1. The first-order valence-electron chi connectivity index (χ1n) is 6.96. The van der Waals surface area contributed by atoms with Crippen molar-refractivity contribution in [2.45, 2.75) is 4.90 Å². The lowest BCUT2D eigenvalue weighted by molar-refractivity contribution is -0.112. The standard InChI is InChI=1S/C16H17NO4S2/c18-16(13-21-14-7-3-1-4-8-14)22-12-11-17-23(19,20)15-9-5-2-6-10-15/h1-10,17H,11-13H2. The van der Waals surface area contributed by atoms with Gasteiger partial charge in [-0.25, -0.2) is 13.1 Å². The maximum atomic E-state index is 12.0. The SMILES string of the molecule is O=C(COc1ccccc1)SCCNS(=O)(=O)c1ccccc1. The summed E-state index contributed by atoms with van der Waals surface area (Å²) in [6.07, 6.45) is 0. The maximum absolute atomic E-state index is 12.0. The quantitative estimate of drug-likeness (QED) is 0.739. The highest BCUT2D eigenvalue weighted by molar-refractivity contribution is 8.13. The first kappa shape index (κ1) is 17.5. The summed E-state index contributed by atoms with van der Waals surface area (Å²) in [5.41, 5.74) is 0. The minimum Gasteiger partial charge on any atom is -0.485 e. The third-order valence-electron chi connectivity index (χ3n) is 2.81. The van der Waals surface area contributed by atoms with E-state index in [0.717, 1.165) is 11.8 Å². The zero-order valence-electron chi connectivity index (χ0n) is 12.3. The molecule has 5 nitrogen and oxygen atoms in total. The molecule has 2 rings (SSSR count). The number of thioether (sulfide) groups is 1. The molecule has 0 amide bonds. The zero-order chi connectivity index (χ0) is 16.5. The Hall–Kier alpha value is -1.83. The number of sulfonamides is 1. The second-order valence-corrected chi connectivity index (χ2v) is 7.45. The lowest BCUT2D eigenvalue weighted by atomic mass is 10.3. The van der Waals surface area contributed by atoms with E-state index >= 15 is 0 Å². The molecule has 0 heterocycles. The molecule has 0 spiro atoms. The second kappa shape index (κ2) is 8.71. The zero-order valence-corrected chi connectivity index (χ0v) is 14.0. The monoisotopic (exact) mass is 351 g/mol. The Kier molecular flexibility index (Phi) is 6.64. The van der Waals surface area contributed by atoms with Crippen LogP contribution in [0.25, 0.3) is 0 Å². The van der Waals surface area contributed by atoms with Crippen LogP contribution in [0, 0.1) is 0 Å². The Bertz CT molecular complexity index is 718. The molecule has 0 aliphatic rings. The average molecular weight is 351 g/mol. The molecule has 0 saturated carbocycles. The van der Waals surface area contributed by atoms with E-state index in [0.29, 0.717) is 11.5 Å². The van der Waals surface area contributed by atoms with Gasteiger partial charge < -0.3 is 4.74 Å². The summed E-state index contributed by atoms with van der Waals surface area (Å²) in [6, 6.07) is 17.2. The first-order valence-corrected chi connectivity index (χ1v) is 9.43. The van der Waals surface area contributed by atoms with Crippen molar-refractivity contribution >= 4 is 26.9 Å². The van der Waals surface area contributed by atoms with Crippen molar-refractivity contribution in [1.82, 2.24) is 4.72 Å². The number of nitrogens with one attached hydrogen (secondary N) is 1. The summed E-state index contributed by atoms with van der Waals surface area (Å²) in [5.74, 6) is 0.981. The van der Waals surface area contributed by atoms with Crippen LogP contribution in [0.2, 0.25) is 0 Å². The molecule has 122 valence electrons. The second-order valence-electron chi connectivity index (χ2n) is 4.53. The van der Waals surface area contributed by atoms with E-state index in [9.17, 15) is 13.2 Å². The molecular formula is C16H17NO4S2. The van der Waals surface area contributed by atoms with Gasteiger partial charge in [-0.05, 0) is 24.3 Å². The Morgan fingerprint density at radius 2 is 1.61 bits per heavy atom. The average Bonchev–Trinajstić information content (AvgIpc) is 2.59. The molecule has 0 fully saturated rings. The van der Waals surface area contributed by atoms with Gasteiger partial charge in [-0.1, -0.05) is 48.2 Å². The molecule has 0 unspecified atom stereocenters. The molecule has 0 aliphatic carbocycles. The lowest BCUT2D eigenvalue weighted by Gasteiger charge is -2.07. The number of hydrogen-bond donors (Lipinski definition) is 1. The smallest absolute Gasteiger partial charge is 0.240 e. The van der Waals surface area contributed by atoms with E-state index in [-0.39, 0.29) is 23.2 Å². The van der Waals surface area contributed by atoms with Gasteiger partial charge in [0.1, 0.15) is 5.75 Å². The van der Waals surface area contributed by atoms with Gasteiger partial charge in [-0.3, -0.25) is 4.79 Å². The fraction of sp³-hybridized carbons (Fsp3) is 0.188. The highest BCUT2D eigenvalue weighted by Gasteiger charge is 2.12. The molecule has 23 heavy (non-hydrogen) atoms. The molecular weight excluding hydrogens is 334 g/mol. The molecule has 0 saturated heterocycles. The minimum absolute atomic E-state index is 0.0416. The molecule has 7 heteroatoms. The summed E-state index contributed by atoms with van der Waals surface area (Å²) in [4.78, 5) is 11.9. The van der Waals surface area contributed by atoms with E-state index in [1.165, 1.54) is 12.1 Å². The summed E-state index contributed by atoms with van der Waals surface area (Å²) in [6.45, 7) is 0.138. The number of rotatable bonds is 8. The van der Waals surface area contributed by atoms with Gasteiger partial charge in [-0.15, -0.1) is 0 Å². The van der Waals surface area contributed by atoms with Crippen molar-refractivity contribution in [1.29, 1.82) is 0 Å². The number of ether oxygens (including phenoxy) is 1. The van der Waals surface area contributed by atoms with Crippen LogP contribution in [0.1, 0.15) is 0 Å². The van der Waals surface area contributed by atoms with Crippen molar-refractivity contribution in [3.05, 3.63) is 60.7 Å². The summed E-state index contributed by atoms with van der Waals surface area (Å²) in [5, 5.41) is -0.146. The number of carbonyl (C=O) groups is 1. The van der Waals surface area contributed by atoms with Crippen LogP contribution in [0.15, 0.2) is 65.6 Å². The van der Waals surface area contributed by atoms with Crippen LogP contribution in [0.3, 0.4) is 0 Å². The van der Waals surface area contributed by atoms with Crippen LogP contribution >= 0.6 is 11.8 Å².